The number of sulfonamides is 1. The Kier molecular flexibility index (Phi) is 8.19. The summed E-state index contributed by atoms with van der Waals surface area (Å²) < 4.78 is 31.2. The van der Waals surface area contributed by atoms with Gasteiger partial charge in [-0.05, 0) is 36.6 Å². The fraction of sp³-hybridized carbons (Fsp3) is 0.500. The highest BCUT2D eigenvalue weighted by Crippen LogP contribution is 2.18. The van der Waals surface area contributed by atoms with Crippen LogP contribution in [0.5, 0.6) is 0 Å². The summed E-state index contributed by atoms with van der Waals surface area (Å²) >= 11 is 0. The zero-order valence-corrected chi connectivity index (χ0v) is 17.2. The van der Waals surface area contributed by atoms with E-state index >= 15 is 0 Å². The van der Waals surface area contributed by atoms with Gasteiger partial charge in [0, 0.05) is 25.2 Å². The van der Waals surface area contributed by atoms with Crippen molar-refractivity contribution in [2.75, 3.05) is 19.7 Å². The molecule has 1 fully saturated rings. The topological polar surface area (TPSA) is 92.8 Å². The van der Waals surface area contributed by atoms with Gasteiger partial charge in [0.2, 0.25) is 10.0 Å². The van der Waals surface area contributed by atoms with E-state index in [1.807, 2.05) is 0 Å². The lowest BCUT2D eigenvalue weighted by molar-refractivity contribution is -0.144. The van der Waals surface area contributed by atoms with E-state index < -0.39 is 16.0 Å². The van der Waals surface area contributed by atoms with Crippen LogP contribution in [0.2, 0.25) is 0 Å². The molecule has 0 radical (unpaired) electrons. The van der Waals surface area contributed by atoms with E-state index in [9.17, 15) is 18.0 Å². The highest BCUT2D eigenvalue weighted by atomic mass is 32.2. The highest BCUT2D eigenvalue weighted by Gasteiger charge is 2.21. The molecule has 0 aromatic heterocycles. The van der Waals surface area contributed by atoms with Gasteiger partial charge in [-0.3, -0.25) is 4.79 Å². The van der Waals surface area contributed by atoms with Crippen LogP contribution in [0.3, 0.4) is 0 Å². The van der Waals surface area contributed by atoms with Crippen LogP contribution in [-0.4, -0.2) is 50.3 Å². The van der Waals surface area contributed by atoms with Crippen LogP contribution in [0.4, 0.5) is 0 Å². The van der Waals surface area contributed by atoms with Crippen LogP contribution >= 0.6 is 0 Å². The number of benzene rings is 1. The number of esters is 1. The minimum Gasteiger partial charge on any atom is -0.452 e. The van der Waals surface area contributed by atoms with Crippen molar-refractivity contribution in [2.24, 2.45) is 0 Å². The first-order valence-corrected chi connectivity index (χ1v) is 11.0. The van der Waals surface area contributed by atoms with Crippen molar-refractivity contribution in [3.8, 4) is 0 Å². The number of nitrogens with zero attached hydrogens (tertiary/aromatic N) is 1. The lowest BCUT2D eigenvalue weighted by Crippen LogP contribution is -2.35. The summed E-state index contributed by atoms with van der Waals surface area (Å²) in [6.07, 6.45) is 6.91. The minimum absolute atomic E-state index is 0.188. The molecule has 0 atom stereocenters. The quantitative estimate of drug-likeness (QED) is 0.500. The molecule has 0 spiro atoms. The van der Waals surface area contributed by atoms with Crippen LogP contribution in [0, 0.1) is 0 Å². The van der Waals surface area contributed by atoms with Gasteiger partial charge in [-0.1, -0.05) is 38.8 Å². The molecule has 0 saturated heterocycles. The largest absolute Gasteiger partial charge is 0.452 e. The second kappa shape index (κ2) is 10.4. The van der Waals surface area contributed by atoms with Gasteiger partial charge < -0.3 is 10.1 Å². The first kappa shape index (κ1) is 22.1. The van der Waals surface area contributed by atoms with E-state index in [-0.39, 0.29) is 23.5 Å². The number of amides is 1. The smallest absolute Gasteiger partial charge is 0.331 e. The summed E-state index contributed by atoms with van der Waals surface area (Å²) in [4.78, 5) is 23.7. The van der Waals surface area contributed by atoms with Gasteiger partial charge in [-0.15, -0.1) is 0 Å². The second-order valence-corrected chi connectivity index (χ2v) is 8.59. The third kappa shape index (κ3) is 6.17. The van der Waals surface area contributed by atoms with Crippen LogP contribution in [0.1, 0.15) is 45.1 Å². The first-order chi connectivity index (χ1) is 13.4. The van der Waals surface area contributed by atoms with E-state index in [0.29, 0.717) is 18.7 Å². The molecular weight excluding hydrogens is 380 g/mol. The monoisotopic (exact) mass is 408 g/mol. The Bertz CT molecular complexity index is 792. The summed E-state index contributed by atoms with van der Waals surface area (Å²) in [5.74, 6) is -0.916. The molecule has 8 heteroatoms. The van der Waals surface area contributed by atoms with Gasteiger partial charge in [0.05, 0.1) is 4.90 Å². The van der Waals surface area contributed by atoms with Crippen LogP contribution < -0.4 is 5.32 Å². The van der Waals surface area contributed by atoms with E-state index in [0.717, 1.165) is 25.7 Å². The van der Waals surface area contributed by atoms with Crippen molar-refractivity contribution in [1.29, 1.82) is 0 Å². The van der Waals surface area contributed by atoms with Gasteiger partial charge in [-0.2, -0.15) is 4.31 Å². The lowest BCUT2D eigenvalue weighted by atomic mass is 10.2. The van der Waals surface area contributed by atoms with Crippen molar-refractivity contribution in [1.82, 2.24) is 9.62 Å². The van der Waals surface area contributed by atoms with Crippen molar-refractivity contribution >= 4 is 28.0 Å². The molecule has 7 nitrogen and oxygen atoms in total. The number of nitrogens with one attached hydrogen (secondary N) is 1. The van der Waals surface area contributed by atoms with Crippen molar-refractivity contribution < 1.29 is 22.7 Å². The molecule has 1 N–H and O–H groups in total. The Morgan fingerprint density at radius 2 is 1.75 bits per heavy atom. The average Bonchev–Trinajstić information content (AvgIpc) is 3.18. The molecule has 1 aliphatic carbocycles. The molecule has 0 bridgehead atoms. The molecule has 1 amide bonds. The van der Waals surface area contributed by atoms with E-state index in [1.165, 1.54) is 28.6 Å². The van der Waals surface area contributed by atoms with Gasteiger partial charge in [0.1, 0.15) is 0 Å². The second-order valence-electron chi connectivity index (χ2n) is 6.65. The Balaban J connectivity index is 1.86. The maximum absolute atomic E-state index is 12.4. The number of rotatable bonds is 9. The summed E-state index contributed by atoms with van der Waals surface area (Å²) in [7, 11) is -3.50. The summed E-state index contributed by atoms with van der Waals surface area (Å²) in [5.41, 5.74) is 0.658. The Hall–Kier alpha value is -2.19. The molecular formula is C20H28N2O5S. The molecule has 0 unspecified atom stereocenters. The molecule has 0 heterocycles. The molecule has 154 valence electrons. The standard InChI is InChI=1S/C20H28N2O5S/c1-3-22(4-2)28(25,26)18-12-9-16(10-13-18)11-14-20(24)27-15-19(23)21-17-7-5-6-8-17/h9-14,17H,3-8,15H2,1-2H3,(H,21,23)/b14-11+. The molecule has 1 aromatic carbocycles. The fourth-order valence-corrected chi connectivity index (χ4v) is 4.61. The van der Waals surface area contributed by atoms with Gasteiger partial charge in [-0.25, -0.2) is 13.2 Å². The molecule has 1 aliphatic rings. The van der Waals surface area contributed by atoms with Crippen LogP contribution in [-0.2, 0) is 24.3 Å². The minimum atomic E-state index is -3.50. The number of carbonyl (C=O) groups is 2. The van der Waals surface area contributed by atoms with Crippen molar-refractivity contribution in [3.63, 3.8) is 0 Å². The SMILES string of the molecule is CCN(CC)S(=O)(=O)c1ccc(/C=C/C(=O)OCC(=O)NC2CCCC2)cc1. The zero-order chi connectivity index (χ0) is 20.6. The normalized spacial score (nSPS) is 15.2. The molecule has 0 aliphatic heterocycles. The lowest BCUT2D eigenvalue weighted by Gasteiger charge is -2.18. The van der Waals surface area contributed by atoms with E-state index in [1.54, 1.807) is 26.0 Å². The van der Waals surface area contributed by atoms with Crippen LogP contribution in [0.25, 0.3) is 6.08 Å². The maximum atomic E-state index is 12.4. The number of ether oxygens (including phenoxy) is 1. The number of hydrogen-bond donors (Lipinski definition) is 1. The average molecular weight is 409 g/mol. The summed E-state index contributed by atoms with van der Waals surface area (Å²) in [5, 5.41) is 2.85. The molecule has 28 heavy (non-hydrogen) atoms. The van der Waals surface area contributed by atoms with E-state index in [2.05, 4.69) is 5.32 Å². The fourth-order valence-electron chi connectivity index (χ4n) is 3.15. The Morgan fingerprint density at radius 3 is 2.32 bits per heavy atom. The van der Waals surface area contributed by atoms with Gasteiger partial charge in [0.15, 0.2) is 6.61 Å². The highest BCUT2D eigenvalue weighted by molar-refractivity contribution is 7.89. The maximum Gasteiger partial charge on any atom is 0.331 e. The summed E-state index contributed by atoms with van der Waals surface area (Å²) in [6.45, 7) is 4.08. The van der Waals surface area contributed by atoms with E-state index in [4.69, 9.17) is 4.74 Å². The molecule has 2 rings (SSSR count). The zero-order valence-electron chi connectivity index (χ0n) is 16.4. The number of hydrogen-bond acceptors (Lipinski definition) is 5. The number of carbonyl (C=O) groups excluding carboxylic acids is 2. The third-order valence-electron chi connectivity index (χ3n) is 4.70. The Labute approximate surface area is 166 Å². The van der Waals surface area contributed by atoms with Crippen molar-refractivity contribution in [2.45, 2.75) is 50.5 Å². The molecule has 1 saturated carbocycles. The molecule has 1 aromatic rings. The van der Waals surface area contributed by atoms with Gasteiger partial charge in [0.25, 0.3) is 5.91 Å². The van der Waals surface area contributed by atoms with Crippen LogP contribution in [0.15, 0.2) is 35.2 Å². The Morgan fingerprint density at radius 1 is 1.14 bits per heavy atom. The van der Waals surface area contributed by atoms with Gasteiger partial charge >= 0.3 is 5.97 Å². The first-order valence-electron chi connectivity index (χ1n) is 9.61. The predicted octanol–water partition coefficient (Wildman–Crippen LogP) is 2.33. The predicted molar refractivity (Wildman–Crippen MR) is 107 cm³/mol. The summed E-state index contributed by atoms with van der Waals surface area (Å²) in [6, 6.07) is 6.44. The third-order valence-corrected chi connectivity index (χ3v) is 6.77. The van der Waals surface area contributed by atoms with Crippen molar-refractivity contribution in [3.05, 3.63) is 35.9 Å².